The number of hydrogen-bond donors (Lipinski definition) is 0. The van der Waals surface area contributed by atoms with Crippen molar-refractivity contribution in [3.05, 3.63) is 0 Å². The van der Waals surface area contributed by atoms with E-state index in [1.807, 2.05) is 0 Å². The topological polar surface area (TPSA) is 0 Å². The van der Waals surface area contributed by atoms with Crippen LogP contribution in [0, 0.1) is 0 Å². The van der Waals surface area contributed by atoms with Gasteiger partial charge in [-0.25, -0.2) is 0 Å². The third-order valence-corrected chi connectivity index (χ3v) is 5.08. The quantitative estimate of drug-likeness (QED) is 0.431. The van der Waals surface area contributed by atoms with Crippen LogP contribution in [0.4, 0.5) is 0 Å². The van der Waals surface area contributed by atoms with Crippen LogP contribution >= 0.6 is 8.58 Å². The zero-order valence-electron chi connectivity index (χ0n) is 10.5. The lowest BCUT2D eigenvalue weighted by molar-refractivity contribution is 0.509. The Kier molecular flexibility index (Phi) is 8.67. The fourth-order valence-corrected chi connectivity index (χ4v) is 4.00. The summed E-state index contributed by atoms with van der Waals surface area (Å²) in [7, 11) is 1.77. The maximum Gasteiger partial charge on any atom is -0.0170 e. The second-order valence-corrected chi connectivity index (χ2v) is 6.51. The molecule has 0 aliphatic heterocycles. The summed E-state index contributed by atoms with van der Waals surface area (Å²) in [4.78, 5) is 0. The molecular weight excluding hydrogens is 199 g/mol. The summed E-state index contributed by atoms with van der Waals surface area (Å²) in [6.45, 7) is 2.31. The fraction of sp³-hybridized carbons (Fsp3) is 1.00. The Morgan fingerprint density at radius 2 is 1.40 bits per heavy atom. The molecule has 0 spiro atoms. The Morgan fingerprint density at radius 3 is 1.93 bits per heavy atom. The lowest BCUT2D eigenvalue weighted by atomic mass is 10.0. The van der Waals surface area contributed by atoms with E-state index in [0.29, 0.717) is 0 Å². The molecule has 15 heavy (non-hydrogen) atoms. The molecule has 0 heterocycles. The molecule has 1 fully saturated rings. The molecule has 1 aliphatic rings. The Morgan fingerprint density at radius 1 is 0.867 bits per heavy atom. The largest absolute Gasteiger partial charge is 0.0775 e. The average Bonchev–Trinajstić information content (AvgIpc) is 2.27. The zero-order valence-corrected chi connectivity index (χ0v) is 11.4. The van der Waals surface area contributed by atoms with Gasteiger partial charge in [-0.05, 0) is 31.1 Å². The van der Waals surface area contributed by atoms with E-state index in [-0.39, 0.29) is 0 Å². The van der Waals surface area contributed by atoms with Gasteiger partial charge >= 0.3 is 0 Å². The summed E-state index contributed by atoms with van der Waals surface area (Å²) in [5.74, 6) is 0. The van der Waals surface area contributed by atoms with E-state index in [2.05, 4.69) is 6.92 Å². The van der Waals surface area contributed by atoms with Crippen LogP contribution in [0.5, 0.6) is 0 Å². The van der Waals surface area contributed by atoms with Crippen molar-refractivity contribution in [2.75, 3.05) is 6.16 Å². The van der Waals surface area contributed by atoms with Crippen molar-refractivity contribution in [3.63, 3.8) is 0 Å². The van der Waals surface area contributed by atoms with Crippen LogP contribution in [0.1, 0.15) is 77.6 Å². The van der Waals surface area contributed by atoms with E-state index >= 15 is 0 Å². The summed E-state index contributed by atoms with van der Waals surface area (Å²) in [6.07, 6.45) is 17.8. The van der Waals surface area contributed by atoms with Gasteiger partial charge in [0, 0.05) is 0 Å². The summed E-state index contributed by atoms with van der Waals surface area (Å²) in [6, 6.07) is 0. The highest BCUT2D eigenvalue weighted by Crippen LogP contribution is 2.31. The highest BCUT2D eigenvalue weighted by atomic mass is 31.1. The predicted octanol–water partition coefficient (Wildman–Crippen LogP) is 5.63. The summed E-state index contributed by atoms with van der Waals surface area (Å²) in [5.41, 5.74) is 1.05. The van der Waals surface area contributed by atoms with Gasteiger partial charge in [0.1, 0.15) is 0 Å². The van der Waals surface area contributed by atoms with Gasteiger partial charge in [0.2, 0.25) is 0 Å². The highest BCUT2D eigenvalue weighted by molar-refractivity contribution is 7.38. The predicted molar refractivity (Wildman–Crippen MR) is 72.0 cm³/mol. The molecule has 0 saturated heterocycles. The van der Waals surface area contributed by atoms with Crippen LogP contribution in [0.25, 0.3) is 0 Å². The molecule has 0 aromatic heterocycles. The molecule has 1 rings (SSSR count). The van der Waals surface area contributed by atoms with Gasteiger partial charge in [0.15, 0.2) is 0 Å². The van der Waals surface area contributed by atoms with E-state index in [9.17, 15) is 0 Å². The van der Waals surface area contributed by atoms with Crippen LogP contribution in [-0.2, 0) is 0 Å². The van der Waals surface area contributed by atoms with Crippen LogP contribution in [0.2, 0.25) is 0 Å². The Bertz CT molecular complexity index is 121. The van der Waals surface area contributed by atoms with Crippen molar-refractivity contribution in [2.24, 2.45) is 0 Å². The fourth-order valence-electron chi connectivity index (χ4n) is 2.40. The molecule has 1 aliphatic carbocycles. The Labute approximate surface area is 98.4 Å². The van der Waals surface area contributed by atoms with Gasteiger partial charge in [-0.1, -0.05) is 66.9 Å². The molecule has 0 N–H and O–H groups in total. The molecule has 1 radical (unpaired) electrons. The van der Waals surface area contributed by atoms with Crippen molar-refractivity contribution >= 4 is 8.58 Å². The molecule has 0 unspecified atom stereocenters. The number of hydrogen-bond acceptors (Lipinski definition) is 0. The van der Waals surface area contributed by atoms with Gasteiger partial charge in [-0.2, -0.15) is 0 Å². The number of unbranched alkanes of at least 4 members (excludes halogenated alkanes) is 1. The van der Waals surface area contributed by atoms with Crippen LogP contribution in [0.3, 0.4) is 0 Å². The van der Waals surface area contributed by atoms with Crippen molar-refractivity contribution in [3.8, 4) is 0 Å². The van der Waals surface area contributed by atoms with E-state index in [0.717, 1.165) is 5.66 Å². The molecule has 0 aromatic rings. The van der Waals surface area contributed by atoms with Crippen LogP contribution in [0.15, 0.2) is 0 Å². The van der Waals surface area contributed by atoms with Gasteiger partial charge in [0.25, 0.3) is 0 Å². The first-order valence-corrected chi connectivity index (χ1v) is 8.25. The minimum atomic E-state index is 1.05. The molecule has 1 heteroatoms. The first-order chi connectivity index (χ1) is 7.43. The second-order valence-electron chi connectivity index (χ2n) is 4.97. The monoisotopic (exact) mass is 227 g/mol. The second kappa shape index (κ2) is 9.64. The maximum atomic E-state index is 2.31. The molecule has 0 atom stereocenters. The molecule has 0 aromatic carbocycles. The third kappa shape index (κ3) is 7.34. The van der Waals surface area contributed by atoms with E-state index < -0.39 is 0 Å². The first-order valence-electron chi connectivity index (χ1n) is 7.10. The van der Waals surface area contributed by atoms with Gasteiger partial charge in [-0.15, -0.1) is 0 Å². The van der Waals surface area contributed by atoms with Crippen LogP contribution in [-0.4, -0.2) is 11.8 Å². The molecule has 89 valence electrons. The van der Waals surface area contributed by atoms with Crippen molar-refractivity contribution in [1.82, 2.24) is 0 Å². The Balaban J connectivity index is 2.13. The SMILES string of the molecule is CCCC[P]C1CCCCCCCCC1. The zero-order chi connectivity index (χ0) is 10.8. The van der Waals surface area contributed by atoms with E-state index in [4.69, 9.17) is 0 Å². The number of rotatable bonds is 4. The minimum absolute atomic E-state index is 1.05. The lowest BCUT2D eigenvalue weighted by Crippen LogP contribution is -2.03. The maximum absolute atomic E-state index is 2.31. The third-order valence-electron chi connectivity index (χ3n) is 3.47. The highest BCUT2D eigenvalue weighted by Gasteiger charge is 2.09. The molecule has 0 nitrogen and oxygen atoms in total. The van der Waals surface area contributed by atoms with Crippen molar-refractivity contribution < 1.29 is 0 Å². The summed E-state index contributed by atoms with van der Waals surface area (Å²) in [5, 5.41) is 0. The first kappa shape index (κ1) is 13.5. The smallest absolute Gasteiger partial charge is 0.0170 e. The normalized spacial score (nSPS) is 22.2. The molecular formula is C14H28P. The molecule has 0 amide bonds. The minimum Gasteiger partial charge on any atom is -0.0775 e. The Hall–Kier alpha value is 0.430. The van der Waals surface area contributed by atoms with E-state index in [1.54, 1.807) is 8.58 Å². The summed E-state index contributed by atoms with van der Waals surface area (Å²) >= 11 is 0. The molecule has 0 bridgehead atoms. The average molecular weight is 227 g/mol. The van der Waals surface area contributed by atoms with Crippen molar-refractivity contribution in [1.29, 1.82) is 0 Å². The standard InChI is InChI=1S/C14H28P/c1-2-3-13-15-14-11-9-7-5-4-6-8-10-12-14/h14H,2-13H2,1H3. The van der Waals surface area contributed by atoms with Gasteiger partial charge in [-0.3, -0.25) is 0 Å². The lowest BCUT2D eigenvalue weighted by Gasteiger charge is -2.17. The molecule has 1 saturated carbocycles. The van der Waals surface area contributed by atoms with Gasteiger partial charge < -0.3 is 0 Å². The van der Waals surface area contributed by atoms with Gasteiger partial charge in [0.05, 0.1) is 0 Å². The summed E-state index contributed by atoms with van der Waals surface area (Å²) < 4.78 is 0. The van der Waals surface area contributed by atoms with Crippen LogP contribution < -0.4 is 0 Å². The van der Waals surface area contributed by atoms with E-state index in [1.165, 1.54) is 76.8 Å². The van der Waals surface area contributed by atoms with Crippen molar-refractivity contribution in [2.45, 2.75) is 83.2 Å².